The van der Waals surface area contributed by atoms with E-state index in [1.165, 1.54) is 12.8 Å². The Morgan fingerprint density at radius 2 is 1.85 bits per heavy atom. The van der Waals surface area contributed by atoms with Gasteiger partial charge in [0.05, 0.1) is 6.07 Å². The second-order valence-corrected chi connectivity index (χ2v) is 7.23. The van der Waals surface area contributed by atoms with Crippen LogP contribution in [-0.2, 0) is 0 Å². The molecule has 0 radical (unpaired) electrons. The minimum absolute atomic E-state index is 0.379. The van der Waals surface area contributed by atoms with Gasteiger partial charge in [0.2, 0.25) is 0 Å². The molecule has 4 heteroatoms. The summed E-state index contributed by atoms with van der Waals surface area (Å²) in [6, 6.07) is 4.71. The van der Waals surface area contributed by atoms with Crippen molar-refractivity contribution < 1.29 is 0 Å². The summed E-state index contributed by atoms with van der Waals surface area (Å²) in [5.41, 5.74) is -0.379. The monoisotopic (exact) mass is 278 g/mol. The first kappa shape index (κ1) is 15.8. The second kappa shape index (κ2) is 6.01. The second-order valence-electron chi connectivity index (χ2n) is 7.23. The highest BCUT2D eigenvalue weighted by molar-refractivity contribution is 5.08. The maximum Gasteiger partial charge on any atom is 0.105 e. The smallest absolute Gasteiger partial charge is 0.105 e. The SMILES string of the molecule is CC(CC(C)(C#N)NC1CC1)N1CC(C)N(C)C(C)C1. The van der Waals surface area contributed by atoms with E-state index >= 15 is 0 Å². The van der Waals surface area contributed by atoms with Gasteiger partial charge in [-0.2, -0.15) is 5.26 Å². The van der Waals surface area contributed by atoms with E-state index in [0.717, 1.165) is 19.5 Å². The molecule has 1 aliphatic heterocycles. The minimum Gasteiger partial charge on any atom is -0.298 e. The van der Waals surface area contributed by atoms with Crippen LogP contribution in [0, 0.1) is 11.3 Å². The van der Waals surface area contributed by atoms with Gasteiger partial charge >= 0.3 is 0 Å². The van der Waals surface area contributed by atoms with Gasteiger partial charge in [-0.1, -0.05) is 0 Å². The van der Waals surface area contributed by atoms with Crippen molar-refractivity contribution in [2.75, 3.05) is 20.1 Å². The first-order valence-corrected chi connectivity index (χ1v) is 7.99. The Morgan fingerprint density at radius 1 is 1.30 bits per heavy atom. The van der Waals surface area contributed by atoms with Crippen molar-refractivity contribution in [3.05, 3.63) is 0 Å². The summed E-state index contributed by atoms with van der Waals surface area (Å²) >= 11 is 0. The summed E-state index contributed by atoms with van der Waals surface area (Å²) in [5, 5.41) is 13.0. The molecule has 0 bridgehead atoms. The quantitative estimate of drug-likeness (QED) is 0.833. The minimum atomic E-state index is -0.379. The van der Waals surface area contributed by atoms with Crippen LogP contribution in [0.15, 0.2) is 0 Å². The molecule has 4 atom stereocenters. The van der Waals surface area contributed by atoms with Gasteiger partial charge in [-0.15, -0.1) is 0 Å². The third-order valence-electron chi connectivity index (χ3n) is 5.06. The summed E-state index contributed by atoms with van der Waals surface area (Å²) in [4.78, 5) is 5.01. The Labute approximate surface area is 124 Å². The highest BCUT2D eigenvalue weighted by atomic mass is 15.3. The number of nitrogens with one attached hydrogen (secondary N) is 1. The summed E-state index contributed by atoms with van der Waals surface area (Å²) in [5.74, 6) is 0. The van der Waals surface area contributed by atoms with Crippen molar-refractivity contribution in [3.63, 3.8) is 0 Å². The van der Waals surface area contributed by atoms with Crippen LogP contribution in [-0.4, -0.2) is 59.6 Å². The van der Waals surface area contributed by atoms with Crippen molar-refractivity contribution in [1.29, 1.82) is 5.26 Å². The highest BCUT2D eigenvalue weighted by Crippen LogP contribution is 2.26. The van der Waals surface area contributed by atoms with Crippen LogP contribution in [0.2, 0.25) is 0 Å². The van der Waals surface area contributed by atoms with Crippen LogP contribution in [0.5, 0.6) is 0 Å². The molecular formula is C16H30N4. The summed E-state index contributed by atoms with van der Waals surface area (Å²) in [7, 11) is 2.21. The van der Waals surface area contributed by atoms with Gasteiger partial charge in [-0.25, -0.2) is 0 Å². The maximum absolute atomic E-state index is 9.52. The van der Waals surface area contributed by atoms with Crippen LogP contribution in [0.25, 0.3) is 0 Å². The molecule has 1 saturated heterocycles. The Bertz CT molecular complexity index is 361. The predicted octanol–water partition coefficient (Wildman–Crippen LogP) is 1.82. The van der Waals surface area contributed by atoms with Crippen molar-refractivity contribution in [2.24, 2.45) is 0 Å². The van der Waals surface area contributed by atoms with Crippen LogP contribution in [0.4, 0.5) is 0 Å². The van der Waals surface area contributed by atoms with Gasteiger partial charge < -0.3 is 0 Å². The molecule has 1 heterocycles. The molecule has 2 aliphatic rings. The third-order valence-corrected chi connectivity index (χ3v) is 5.06. The number of likely N-dealkylation sites (N-methyl/N-ethyl adjacent to an activating group) is 1. The third kappa shape index (κ3) is 3.72. The summed E-state index contributed by atoms with van der Waals surface area (Å²) in [6.45, 7) is 11.1. The fraction of sp³-hybridized carbons (Fsp3) is 0.938. The maximum atomic E-state index is 9.52. The molecule has 2 rings (SSSR count). The molecule has 0 amide bonds. The fourth-order valence-corrected chi connectivity index (χ4v) is 3.34. The highest BCUT2D eigenvalue weighted by Gasteiger charge is 2.36. The first-order chi connectivity index (χ1) is 9.34. The lowest BCUT2D eigenvalue weighted by molar-refractivity contribution is 0.0312. The van der Waals surface area contributed by atoms with Crippen LogP contribution >= 0.6 is 0 Å². The molecular weight excluding hydrogens is 248 g/mol. The predicted molar refractivity (Wildman–Crippen MR) is 82.5 cm³/mol. The van der Waals surface area contributed by atoms with E-state index in [1.54, 1.807) is 0 Å². The molecule has 1 aliphatic carbocycles. The molecule has 0 aromatic heterocycles. The largest absolute Gasteiger partial charge is 0.298 e. The molecule has 1 saturated carbocycles. The normalized spacial score (nSPS) is 33.4. The van der Waals surface area contributed by atoms with Gasteiger partial charge in [-0.3, -0.25) is 15.1 Å². The zero-order valence-electron chi connectivity index (χ0n) is 13.7. The number of nitrogens with zero attached hydrogens (tertiary/aromatic N) is 3. The van der Waals surface area contributed by atoms with E-state index in [-0.39, 0.29) is 5.54 Å². The number of hydrogen-bond donors (Lipinski definition) is 1. The number of hydrogen-bond acceptors (Lipinski definition) is 4. The molecule has 0 aromatic carbocycles. The fourth-order valence-electron chi connectivity index (χ4n) is 3.34. The van der Waals surface area contributed by atoms with Crippen molar-refractivity contribution in [1.82, 2.24) is 15.1 Å². The first-order valence-electron chi connectivity index (χ1n) is 7.99. The Balaban J connectivity index is 1.93. The van der Waals surface area contributed by atoms with E-state index in [1.807, 2.05) is 0 Å². The molecule has 0 spiro atoms. The van der Waals surface area contributed by atoms with E-state index < -0.39 is 0 Å². The van der Waals surface area contributed by atoms with E-state index in [9.17, 15) is 5.26 Å². The van der Waals surface area contributed by atoms with Crippen molar-refractivity contribution >= 4 is 0 Å². The van der Waals surface area contributed by atoms with Crippen LogP contribution < -0.4 is 5.32 Å². The Hall–Kier alpha value is -0.630. The molecule has 1 N–H and O–H groups in total. The average Bonchev–Trinajstić information content (AvgIpc) is 3.18. The number of nitriles is 1. The van der Waals surface area contributed by atoms with Gasteiger partial charge in [0.15, 0.2) is 0 Å². The Kier molecular flexibility index (Phi) is 4.73. The number of piperazine rings is 1. The zero-order chi connectivity index (χ0) is 14.9. The standard InChI is InChI=1S/C16H30N4/c1-12(8-16(4,11-17)18-15-6-7-15)20-9-13(2)19(5)14(3)10-20/h12-15,18H,6-10H2,1-5H3. The summed E-state index contributed by atoms with van der Waals surface area (Å²) in [6.07, 6.45) is 3.37. The van der Waals surface area contributed by atoms with E-state index in [4.69, 9.17) is 0 Å². The van der Waals surface area contributed by atoms with Gasteiger partial charge in [-0.05, 0) is 54.0 Å². The molecule has 2 fully saturated rings. The van der Waals surface area contributed by atoms with Crippen molar-refractivity contribution in [2.45, 2.75) is 76.7 Å². The molecule has 4 nitrogen and oxygen atoms in total. The molecule has 4 unspecified atom stereocenters. The lowest BCUT2D eigenvalue weighted by atomic mass is 9.93. The van der Waals surface area contributed by atoms with Gasteiger partial charge in [0.1, 0.15) is 5.54 Å². The lowest BCUT2D eigenvalue weighted by Crippen LogP contribution is -2.58. The molecule has 20 heavy (non-hydrogen) atoms. The molecule has 0 aromatic rings. The van der Waals surface area contributed by atoms with Crippen LogP contribution in [0.1, 0.15) is 47.0 Å². The summed E-state index contributed by atoms with van der Waals surface area (Å²) < 4.78 is 0. The number of rotatable bonds is 5. The van der Waals surface area contributed by atoms with E-state index in [0.29, 0.717) is 24.2 Å². The molecule has 114 valence electrons. The zero-order valence-corrected chi connectivity index (χ0v) is 13.7. The van der Waals surface area contributed by atoms with Crippen LogP contribution in [0.3, 0.4) is 0 Å². The van der Waals surface area contributed by atoms with Gasteiger partial charge in [0, 0.05) is 37.3 Å². The van der Waals surface area contributed by atoms with Gasteiger partial charge in [0.25, 0.3) is 0 Å². The topological polar surface area (TPSA) is 42.3 Å². The lowest BCUT2D eigenvalue weighted by Gasteiger charge is -2.46. The average molecular weight is 278 g/mol. The Morgan fingerprint density at radius 3 is 2.30 bits per heavy atom. The van der Waals surface area contributed by atoms with Crippen molar-refractivity contribution in [3.8, 4) is 6.07 Å². The van der Waals surface area contributed by atoms with E-state index in [2.05, 4.69) is 55.9 Å².